The number of aromatic nitrogens is 1. The number of aromatic amines is 1. The minimum absolute atomic E-state index is 0.0386. The van der Waals surface area contributed by atoms with Crippen LogP contribution in [0.4, 0.5) is 0 Å². The molecule has 0 spiro atoms. The lowest BCUT2D eigenvalue weighted by Gasteiger charge is -2.07. The van der Waals surface area contributed by atoms with Gasteiger partial charge >= 0.3 is 5.97 Å². The Morgan fingerprint density at radius 2 is 2.00 bits per heavy atom. The Morgan fingerprint density at radius 1 is 1.19 bits per heavy atom. The topological polar surface area (TPSA) is 83.9 Å². The molecule has 3 rings (SSSR count). The van der Waals surface area contributed by atoms with E-state index in [9.17, 15) is 4.79 Å². The van der Waals surface area contributed by atoms with Crippen LogP contribution in [0.25, 0.3) is 10.9 Å². The van der Waals surface area contributed by atoms with E-state index < -0.39 is 5.97 Å². The van der Waals surface area contributed by atoms with Crippen LogP contribution in [0.5, 0.6) is 5.75 Å². The third-order valence-corrected chi connectivity index (χ3v) is 3.98. The third kappa shape index (κ3) is 4.03. The van der Waals surface area contributed by atoms with Gasteiger partial charge in [-0.3, -0.25) is 0 Å². The van der Waals surface area contributed by atoms with Gasteiger partial charge in [-0.1, -0.05) is 35.5 Å². The molecule has 1 aromatic heterocycles. The first-order chi connectivity index (χ1) is 12.7. The maximum atomic E-state index is 11.8. The number of H-pyrrole nitrogens is 1. The molecule has 0 unspecified atom stereocenters. The van der Waals surface area contributed by atoms with Gasteiger partial charge in [-0.2, -0.15) is 0 Å². The molecule has 0 atom stereocenters. The van der Waals surface area contributed by atoms with E-state index in [4.69, 9.17) is 14.7 Å². The number of benzene rings is 2. The van der Waals surface area contributed by atoms with Gasteiger partial charge in [0.15, 0.2) is 5.71 Å². The van der Waals surface area contributed by atoms with Gasteiger partial charge in [0.05, 0.1) is 6.61 Å². The summed E-state index contributed by atoms with van der Waals surface area (Å²) in [5.74, 6) is 0.0988. The Hall–Kier alpha value is -3.28. The number of oxime groups is 1. The van der Waals surface area contributed by atoms with Crippen LogP contribution >= 0.6 is 0 Å². The zero-order valence-corrected chi connectivity index (χ0v) is 14.4. The van der Waals surface area contributed by atoms with E-state index in [-0.39, 0.29) is 18.7 Å². The lowest BCUT2D eigenvalue weighted by atomic mass is 10.1. The average Bonchev–Trinajstić information content (AvgIpc) is 3.07. The van der Waals surface area contributed by atoms with Crippen LogP contribution in [0.1, 0.15) is 18.1 Å². The summed E-state index contributed by atoms with van der Waals surface area (Å²) in [7, 11) is 0. The number of nitrogens with one attached hydrogen (secondary N) is 1. The van der Waals surface area contributed by atoms with E-state index in [1.54, 1.807) is 13.1 Å². The summed E-state index contributed by atoms with van der Waals surface area (Å²) in [4.78, 5) is 15.0. The van der Waals surface area contributed by atoms with Crippen LogP contribution < -0.4 is 4.74 Å². The second-order valence-corrected chi connectivity index (χ2v) is 5.74. The zero-order chi connectivity index (χ0) is 18.4. The Bertz CT molecular complexity index is 916. The van der Waals surface area contributed by atoms with E-state index in [1.165, 1.54) is 0 Å². The SMILES string of the molecule is CCOC(=O)/C(Cc1c[nH]c2ccc(OCc3ccccc3)cc12)=N\O. The predicted octanol–water partition coefficient (Wildman–Crippen LogP) is 3.68. The molecule has 134 valence electrons. The molecule has 0 radical (unpaired) electrons. The number of nitrogens with zero attached hydrogens (tertiary/aromatic N) is 1. The van der Waals surface area contributed by atoms with Crippen molar-refractivity contribution in [1.82, 2.24) is 4.98 Å². The van der Waals surface area contributed by atoms with Crippen molar-refractivity contribution < 1.29 is 19.5 Å². The number of ether oxygens (including phenoxy) is 2. The molecule has 0 saturated carbocycles. The van der Waals surface area contributed by atoms with Crippen molar-refractivity contribution in [1.29, 1.82) is 0 Å². The molecule has 2 N–H and O–H groups in total. The summed E-state index contributed by atoms with van der Waals surface area (Å²) in [5, 5.41) is 13.1. The number of rotatable bonds is 7. The first-order valence-electron chi connectivity index (χ1n) is 8.36. The molecule has 0 aliphatic heterocycles. The molecule has 0 amide bonds. The normalized spacial score (nSPS) is 11.5. The van der Waals surface area contributed by atoms with E-state index >= 15 is 0 Å². The lowest BCUT2D eigenvalue weighted by molar-refractivity contribution is -0.135. The fraction of sp³-hybridized carbons (Fsp3) is 0.200. The number of fused-ring (bicyclic) bond motifs is 1. The second kappa shape index (κ2) is 8.20. The minimum atomic E-state index is -0.624. The predicted molar refractivity (Wildman–Crippen MR) is 98.6 cm³/mol. The number of hydrogen-bond acceptors (Lipinski definition) is 5. The molecule has 3 aromatic rings. The monoisotopic (exact) mass is 352 g/mol. The van der Waals surface area contributed by atoms with Gasteiger partial charge in [-0.15, -0.1) is 0 Å². The molecule has 0 aliphatic carbocycles. The molecular weight excluding hydrogens is 332 g/mol. The van der Waals surface area contributed by atoms with Gasteiger partial charge < -0.3 is 19.7 Å². The molecule has 0 saturated heterocycles. The van der Waals surface area contributed by atoms with Crippen molar-refractivity contribution >= 4 is 22.6 Å². The Kier molecular flexibility index (Phi) is 5.53. The highest BCUT2D eigenvalue weighted by atomic mass is 16.5. The zero-order valence-electron chi connectivity index (χ0n) is 14.4. The van der Waals surface area contributed by atoms with Crippen LogP contribution in [-0.4, -0.2) is 28.5 Å². The second-order valence-electron chi connectivity index (χ2n) is 5.74. The number of carbonyl (C=O) groups is 1. The minimum Gasteiger partial charge on any atom is -0.489 e. The molecule has 0 fully saturated rings. The molecule has 1 heterocycles. The summed E-state index contributed by atoms with van der Waals surface area (Å²) in [6.07, 6.45) is 1.95. The molecule has 2 aromatic carbocycles. The van der Waals surface area contributed by atoms with Crippen molar-refractivity contribution in [2.75, 3.05) is 6.61 Å². The van der Waals surface area contributed by atoms with Gasteiger partial charge in [0.25, 0.3) is 0 Å². The lowest BCUT2D eigenvalue weighted by Crippen LogP contribution is -2.19. The third-order valence-electron chi connectivity index (χ3n) is 3.98. The number of esters is 1. The van der Waals surface area contributed by atoms with Crippen LogP contribution in [0.15, 0.2) is 59.9 Å². The summed E-state index contributed by atoms with van der Waals surface area (Å²) >= 11 is 0. The van der Waals surface area contributed by atoms with Crippen molar-refractivity contribution in [2.45, 2.75) is 20.0 Å². The van der Waals surface area contributed by atoms with E-state index in [2.05, 4.69) is 10.1 Å². The van der Waals surface area contributed by atoms with Gasteiger partial charge in [0, 0.05) is 23.5 Å². The summed E-state index contributed by atoms with van der Waals surface area (Å²) < 4.78 is 10.8. The quantitative estimate of drug-likeness (QED) is 0.294. The van der Waals surface area contributed by atoms with Crippen molar-refractivity contribution in [3.8, 4) is 5.75 Å². The maximum absolute atomic E-state index is 11.8. The summed E-state index contributed by atoms with van der Waals surface area (Å²) in [6, 6.07) is 15.6. The molecule has 0 aliphatic rings. The largest absolute Gasteiger partial charge is 0.489 e. The standard InChI is InChI=1S/C20H20N2O4/c1-2-25-20(23)19(22-24)10-15-12-21-18-9-8-16(11-17(15)18)26-13-14-6-4-3-5-7-14/h3-9,11-12,21,24H,2,10,13H2,1H3/b22-19-. The fourth-order valence-electron chi connectivity index (χ4n) is 2.68. The average molecular weight is 352 g/mol. The van der Waals surface area contributed by atoms with E-state index in [1.807, 2.05) is 48.5 Å². The van der Waals surface area contributed by atoms with Crippen molar-refractivity contribution in [3.05, 3.63) is 65.9 Å². The summed E-state index contributed by atoms with van der Waals surface area (Å²) in [5.41, 5.74) is 2.78. The van der Waals surface area contributed by atoms with Gasteiger partial charge in [0.1, 0.15) is 12.4 Å². The van der Waals surface area contributed by atoms with Crippen LogP contribution in [0, 0.1) is 0 Å². The Morgan fingerprint density at radius 3 is 2.73 bits per heavy atom. The molecule has 6 heteroatoms. The smallest absolute Gasteiger partial charge is 0.356 e. The maximum Gasteiger partial charge on any atom is 0.356 e. The molecule has 0 bridgehead atoms. The highest BCUT2D eigenvalue weighted by Gasteiger charge is 2.16. The highest BCUT2D eigenvalue weighted by molar-refractivity contribution is 6.37. The Balaban J connectivity index is 1.78. The van der Waals surface area contributed by atoms with E-state index in [0.717, 1.165) is 27.8 Å². The number of hydrogen-bond donors (Lipinski definition) is 2. The molecule has 26 heavy (non-hydrogen) atoms. The summed E-state index contributed by atoms with van der Waals surface area (Å²) in [6.45, 7) is 2.40. The first-order valence-corrected chi connectivity index (χ1v) is 8.36. The van der Waals surface area contributed by atoms with Crippen LogP contribution in [-0.2, 0) is 22.6 Å². The van der Waals surface area contributed by atoms with Crippen LogP contribution in [0.3, 0.4) is 0 Å². The fourth-order valence-corrected chi connectivity index (χ4v) is 2.68. The first kappa shape index (κ1) is 17.5. The van der Waals surface area contributed by atoms with Gasteiger partial charge in [-0.05, 0) is 36.2 Å². The molecule has 6 nitrogen and oxygen atoms in total. The highest BCUT2D eigenvalue weighted by Crippen LogP contribution is 2.25. The van der Waals surface area contributed by atoms with Gasteiger partial charge in [-0.25, -0.2) is 4.79 Å². The van der Waals surface area contributed by atoms with Crippen molar-refractivity contribution in [2.24, 2.45) is 5.16 Å². The molecular formula is C20H20N2O4. The Labute approximate surface area is 151 Å². The van der Waals surface area contributed by atoms with Gasteiger partial charge in [0.2, 0.25) is 0 Å². The number of carbonyl (C=O) groups excluding carboxylic acids is 1. The van der Waals surface area contributed by atoms with Crippen LogP contribution in [0.2, 0.25) is 0 Å². The van der Waals surface area contributed by atoms with Crippen molar-refractivity contribution in [3.63, 3.8) is 0 Å². The van der Waals surface area contributed by atoms with E-state index in [0.29, 0.717) is 6.61 Å².